The molecular formula is C22H24N2O3. The minimum atomic E-state index is -0.268. The van der Waals surface area contributed by atoms with E-state index >= 15 is 0 Å². The quantitative estimate of drug-likeness (QED) is 0.708. The summed E-state index contributed by atoms with van der Waals surface area (Å²) in [6, 6.07) is 14.9. The predicted octanol–water partition coefficient (Wildman–Crippen LogP) is 3.42. The number of amides is 3. The molecule has 1 aliphatic heterocycles. The molecule has 0 aromatic heterocycles. The zero-order chi connectivity index (χ0) is 19.4. The molecule has 0 saturated carbocycles. The molecule has 3 rings (SSSR count). The van der Waals surface area contributed by atoms with Gasteiger partial charge in [0.25, 0.3) is 11.8 Å². The van der Waals surface area contributed by atoms with E-state index in [1.165, 1.54) is 4.90 Å². The summed E-state index contributed by atoms with van der Waals surface area (Å²) in [6.45, 7) is 5.46. The van der Waals surface area contributed by atoms with Crippen molar-refractivity contribution in [1.29, 1.82) is 0 Å². The Bertz CT molecular complexity index is 840. The second kappa shape index (κ2) is 8.16. The first-order chi connectivity index (χ1) is 13.0. The van der Waals surface area contributed by atoms with Gasteiger partial charge in [-0.2, -0.15) is 0 Å². The highest BCUT2D eigenvalue weighted by atomic mass is 16.2. The smallest absolute Gasteiger partial charge is 0.261 e. The Balaban J connectivity index is 1.55. The maximum absolute atomic E-state index is 12.6. The molecule has 5 nitrogen and oxygen atoms in total. The number of nitrogens with zero attached hydrogens (tertiary/aromatic N) is 2. The molecule has 0 unspecified atom stereocenters. The van der Waals surface area contributed by atoms with Crippen molar-refractivity contribution in [1.82, 2.24) is 9.80 Å². The normalized spacial score (nSPS) is 13.0. The molecule has 140 valence electrons. The lowest BCUT2D eigenvalue weighted by molar-refractivity contribution is -0.131. The van der Waals surface area contributed by atoms with Gasteiger partial charge in [-0.3, -0.25) is 19.3 Å². The summed E-state index contributed by atoms with van der Waals surface area (Å²) < 4.78 is 0. The van der Waals surface area contributed by atoms with Gasteiger partial charge in [0, 0.05) is 26.1 Å². The van der Waals surface area contributed by atoms with Crippen LogP contribution in [-0.4, -0.2) is 40.6 Å². The Kier molecular flexibility index (Phi) is 5.69. The van der Waals surface area contributed by atoms with Gasteiger partial charge in [-0.25, -0.2) is 0 Å². The van der Waals surface area contributed by atoms with Crippen LogP contribution in [0.2, 0.25) is 0 Å². The lowest BCUT2D eigenvalue weighted by atomic mass is 10.1. The first-order valence-electron chi connectivity index (χ1n) is 9.30. The second-order valence-corrected chi connectivity index (χ2v) is 6.75. The number of aryl methyl sites for hydroxylation is 1. The number of imide groups is 1. The van der Waals surface area contributed by atoms with Gasteiger partial charge in [0.15, 0.2) is 0 Å². The number of hydrogen-bond donors (Lipinski definition) is 0. The van der Waals surface area contributed by atoms with Gasteiger partial charge >= 0.3 is 0 Å². The van der Waals surface area contributed by atoms with Crippen LogP contribution in [0.1, 0.15) is 51.6 Å². The summed E-state index contributed by atoms with van der Waals surface area (Å²) in [7, 11) is 0. The molecule has 2 aromatic carbocycles. The van der Waals surface area contributed by atoms with E-state index in [0.29, 0.717) is 37.1 Å². The van der Waals surface area contributed by atoms with Gasteiger partial charge in [0.1, 0.15) is 0 Å². The third-order valence-electron chi connectivity index (χ3n) is 5.01. The predicted molar refractivity (Wildman–Crippen MR) is 103 cm³/mol. The van der Waals surface area contributed by atoms with Crippen molar-refractivity contribution in [2.24, 2.45) is 0 Å². The molecule has 0 N–H and O–H groups in total. The first kappa shape index (κ1) is 18.8. The molecule has 0 fully saturated rings. The number of hydrogen-bond acceptors (Lipinski definition) is 3. The number of fused-ring (bicyclic) bond motifs is 1. The molecule has 27 heavy (non-hydrogen) atoms. The van der Waals surface area contributed by atoms with Crippen LogP contribution in [0.4, 0.5) is 0 Å². The van der Waals surface area contributed by atoms with E-state index in [9.17, 15) is 14.4 Å². The van der Waals surface area contributed by atoms with Crippen LogP contribution >= 0.6 is 0 Å². The van der Waals surface area contributed by atoms with Crippen LogP contribution in [0, 0.1) is 6.92 Å². The number of carbonyl (C=O) groups excluding carboxylic acids is 3. The molecule has 0 aliphatic carbocycles. The molecule has 0 saturated heterocycles. The largest absolute Gasteiger partial charge is 0.339 e. The maximum Gasteiger partial charge on any atom is 0.261 e. The van der Waals surface area contributed by atoms with Crippen molar-refractivity contribution >= 4 is 17.7 Å². The fourth-order valence-corrected chi connectivity index (χ4v) is 3.36. The molecule has 0 bridgehead atoms. The van der Waals surface area contributed by atoms with Gasteiger partial charge < -0.3 is 4.90 Å². The molecule has 5 heteroatoms. The van der Waals surface area contributed by atoms with Crippen LogP contribution in [0.5, 0.6) is 0 Å². The third kappa shape index (κ3) is 3.92. The van der Waals surface area contributed by atoms with E-state index in [1.807, 2.05) is 43.0 Å². The van der Waals surface area contributed by atoms with Crippen molar-refractivity contribution in [2.45, 2.75) is 33.2 Å². The Hall–Kier alpha value is -2.95. The van der Waals surface area contributed by atoms with Crippen LogP contribution < -0.4 is 0 Å². The standard InChI is InChI=1S/C22H24N2O3/c1-3-23(15-17-10-5-4-9-16(17)2)20(25)13-8-14-24-21(26)18-11-6-7-12-19(18)22(24)27/h4-7,9-12H,3,8,13-15H2,1-2H3. The minimum Gasteiger partial charge on any atom is -0.339 e. The van der Waals surface area contributed by atoms with E-state index in [-0.39, 0.29) is 24.3 Å². The second-order valence-electron chi connectivity index (χ2n) is 6.75. The van der Waals surface area contributed by atoms with E-state index in [0.717, 1.165) is 11.1 Å². The molecular weight excluding hydrogens is 340 g/mol. The summed E-state index contributed by atoms with van der Waals surface area (Å²) >= 11 is 0. The summed E-state index contributed by atoms with van der Waals surface area (Å²) in [5.41, 5.74) is 3.19. The van der Waals surface area contributed by atoms with E-state index in [1.54, 1.807) is 24.3 Å². The van der Waals surface area contributed by atoms with Crippen LogP contribution in [-0.2, 0) is 11.3 Å². The Morgan fingerprint density at radius 3 is 2.15 bits per heavy atom. The van der Waals surface area contributed by atoms with Crippen LogP contribution in [0.15, 0.2) is 48.5 Å². The highest BCUT2D eigenvalue weighted by Crippen LogP contribution is 2.22. The Morgan fingerprint density at radius 1 is 0.963 bits per heavy atom. The van der Waals surface area contributed by atoms with Crippen molar-refractivity contribution < 1.29 is 14.4 Å². The van der Waals surface area contributed by atoms with E-state index < -0.39 is 0 Å². The number of benzene rings is 2. The molecule has 0 atom stereocenters. The Labute approximate surface area is 159 Å². The SMILES string of the molecule is CCN(Cc1ccccc1C)C(=O)CCCN1C(=O)c2ccccc2C1=O. The van der Waals surface area contributed by atoms with Crippen LogP contribution in [0.25, 0.3) is 0 Å². The first-order valence-corrected chi connectivity index (χ1v) is 9.30. The topological polar surface area (TPSA) is 57.7 Å². The highest BCUT2D eigenvalue weighted by molar-refractivity contribution is 6.21. The summed E-state index contributed by atoms with van der Waals surface area (Å²) in [5.74, 6) is -0.497. The Morgan fingerprint density at radius 2 is 1.56 bits per heavy atom. The molecule has 0 spiro atoms. The summed E-state index contributed by atoms with van der Waals surface area (Å²) in [5, 5.41) is 0. The van der Waals surface area contributed by atoms with Gasteiger partial charge in [0.05, 0.1) is 11.1 Å². The average molecular weight is 364 g/mol. The molecule has 0 radical (unpaired) electrons. The highest BCUT2D eigenvalue weighted by Gasteiger charge is 2.34. The lowest BCUT2D eigenvalue weighted by Crippen LogP contribution is -2.33. The zero-order valence-corrected chi connectivity index (χ0v) is 15.8. The third-order valence-corrected chi connectivity index (χ3v) is 5.01. The van der Waals surface area contributed by atoms with Crippen LogP contribution in [0.3, 0.4) is 0 Å². The fourth-order valence-electron chi connectivity index (χ4n) is 3.36. The molecule has 1 heterocycles. The number of rotatable bonds is 7. The van der Waals surface area contributed by atoms with Crippen molar-refractivity contribution in [3.05, 3.63) is 70.8 Å². The van der Waals surface area contributed by atoms with Gasteiger partial charge in [-0.15, -0.1) is 0 Å². The van der Waals surface area contributed by atoms with Crippen molar-refractivity contribution in [2.75, 3.05) is 13.1 Å². The van der Waals surface area contributed by atoms with Gasteiger partial charge in [0.2, 0.25) is 5.91 Å². The molecule has 3 amide bonds. The summed E-state index contributed by atoms with van der Waals surface area (Å²) in [4.78, 5) is 40.4. The monoisotopic (exact) mass is 364 g/mol. The molecule has 2 aromatic rings. The zero-order valence-electron chi connectivity index (χ0n) is 15.8. The van der Waals surface area contributed by atoms with E-state index in [4.69, 9.17) is 0 Å². The van der Waals surface area contributed by atoms with Gasteiger partial charge in [-0.1, -0.05) is 36.4 Å². The summed E-state index contributed by atoms with van der Waals surface area (Å²) in [6.07, 6.45) is 0.779. The van der Waals surface area contributed by atoms with Crippen molar-refractivity contribution in [3.63, 3.8) is 0 Å². The average Bonchev–Trinajstić information content (AvgIpc) is 2.92. The van der Waals surface area contributed by atoms with E-state index in [2.05, 4.69) is 0 Å². The minimum absolute atomic E-state index is 0.0392. The number of carbonyl (C=O) groups is 3. The fraction of sp³-hybridized carbons (Fsp3) is 0.318. The van der Waals surface area contributed by atoms with Crippen molar-refractivity contribution in [3.8, 4) is 0 Å². The molecule has 1 aliphatic rings. The maximum atomic E-state index is 12.6. The lowest BCUT2D eigenvalue weighted by Gasteiger charge is -2.22. The van der Waals surface area contributed by atoms with Gasteiger partial charge in [-0.05, 0) is 43.5 Å².